The Hall–Kier alpha value is -1.44. The summed E-state index contributed by atoms with van der Waals surface area (Å²) < 4.78 is 28.2. The molecule has 2 fully saturated rings. The molecule has 2 saturated carbocycles. The Balaban J connectivity index is 1.60. The maximum Gasteiger partial charge on any atom is 0.241 e. The lowest BCUT2D eigenvalue weighted by Gasteiger charge is -2.22. The lowest BCUT2D eigenvalue weighted by molar-refractivity contribution is 0.462. The summed E-state index contributed by atoms with van der Waals surface area (Å²) in [7, 11) is -3.47. The zero-order valence-electron chi connectivity index (χ0n) is 15.9. The fourth-order valence-corrected chi connectivity index (χ4v) is 6.28. The zero-order valence-corrected chi connectivity index (χ0v) is 17.5. The monoisotopic (exact) mass is 405 g/mol. The van der Waals surface area contributed by atoms with Gasteiger partial charge in [0.05, 0.1) is 15.5 Å². The van der Waals surface area contributed by atoms with E-state index in [2.05, 4.69) is 10.0 Å². The molecule has 7 heteroatoms. The molecule has 0 bridgehead atoms. The Morgan fingerprint density at radius 3 is 2.48 bits per heavy atom. The van der Waals surface area contributed by atoms with Gasteiger partial charge in [0, 0.05) is 12.1 Å². The van der Waals surface area contributed by atoms with Crippen molar-refractivity contribution < 1.29 is 8.42 Å². The highest BCUT2D eigenvalue weighted by atomic mass is 32.2. The SMILES string of the molecule is Cc1ccc(-c2sc(NC3CCCCC3)nc2C)cc1S(=O)(=O)NC1CC1. The first-order valence-electron chi connectivity index (χ1n) is 9.80. The molecule has 2 aliphatic carbocycles. The highest BCUT2D eigenvalue weighted by Crippen LogP contribution is 2.36. The second kappa shape index (κ2) is 7.53. The first kappa shape index (κ1) is 18.9. The summed E-state index contributed by atoms with van der Waals surface area (Å²) in [6, 6.07) is 6.30. The zero-order chi connectivity index (χ0) is 19.0. The highest BCUT2D eigenvalue weighted by molar-refractivity contribution is 7.89. The number of thiazole rings is 1. The molecule has 0 aliphatic heterocycles. The third kappa shape index (κ3) is 4.36. The van der Waals surface area contributed by atoms with Gasteiger partial charge in [0.15, 0.2) is 5.13 Å². The van der Waals surface area contributed by atoms with Crippen LogP contribution in [0.1, 0.15) is 56.2 Å². The van der Waals surface area contributed by atoms with Crippen molar-refractivity contribution in [3.63, 3.8) is 0 Å². The number of aromatic nitrogens is 1. The topological polar surface area (TPSA) is 71.1 Å². The summed E-state index contributed by atoms with van der Waals surface area (Å²) >= 11 is 1.62. The van der Waals surface area contributed by atoms with Crippen molar-refractivity contribution in [3.05, 3.63) is 29.5 Å². The first-order chi connectivity index (χ1) is 12.9. The van der Waals surface area contributed by atoms with E-state index in [4.69, 9.17) is 4.98 Å². The summed E-state index contributed by atoms with van der Waals surface area (Å²) in [6.07, 6.45) is 8.16. The van der Waals surface area contributed by atoms with Crippen molar-refractivity contribution >= 4 is 26.5 Å². The molecule has 4 rings (SSSR count). The quantitative estimate of drug-likeness (QED) is 0.736. The normalized spacial score (nSPS) is 18.6. The highest BCUT2D eigenvalue weighted by Gasteiger charge is 2.29. The van der Waals surface area contributed by atoms with Gasteiger partial charge in [-0.3, -0.25) is 0 Å². The van der Waals surface area contributed by atoms with E-state index < -0.39 is 10.0 Å². The van der Waals surface area contributed by atoms with Crippen molar-refractivity contribution in [2.24, 2.45) is 0 Å². The van der Waals surface area contributed by atoms with Crippen molar-refractivity contribution in [3.8, 4) is 10.4 Å². The molecular weight excluding hydrogens is 378 g/mol. The van der Waals surface area contributed by atoms with Gasteiger partial charge >= 0.3 is 0 Å². The van der Waals surface area contributed by atoms with Crippen molar-refractivity contribution in [1.82, 2.24) is 9.71 Å². The number of aryl methyl sites for hydroxylation is 2. The number of anilines is 1. The molecule has 2 aliphatic rings. The predicted molar refractivity (Wildman–Crippen MR) is 111 cm³/mol. The lowest BCUT2D eigenvalue weighted by atomic mass is 9.96. The standard InChI is InChI=1S/C20H27N3O2S2/c1-13-8-9-15(12-18(13)27(24,25)23-17-10-11-17)19-14(2)21-20(26-19)22-16-6-4-3-5-7-16/h8-9,12,16-17,23H,3-7,10-11H2,1-2H3,(H,21,22). The van der Waals surface area contributed by atoms with Crippen LogP contribution in [0.15, 0.2) is 23.1 Å². The molecule has 2 aromatic rings. The van der Waals surface area contributed by atoms with Gasteiger partial charge in [-0.15, -0.1) is 0 Å². The number of hydrogen-bond donors (Lipinski definition) is 2. The lowest BCUT2D eigenvalue weighted by Crippen LogP contribution is -2.26. The summed E-state index contributed by atoms with van der Waals surface area (Å²) in [5, 5.41) is 4.52. The Morgan fingerprint density at radius 2 is 1.78 bits per heavy atom. The van der Waals surface area contributed by atoms with Crippen LogP contribution in [-0.4, -0.2) is 25.5 Å². The largest absolute Gasteiger partial charge is 0.359 e. The summed E-state index contributed by atoms with van der Waals surface area (Å²) in [5.41, 5.74) is 2.64. The maximum atomic E-state index is 12.7. The average molecular weight is 406 g/mol. The average Bonchev–Trinajstić information content (AvgIpc) is 3.36. The number of rotatable bonds is 6. The molecule has 2 N–H and O–H groups in total. The van der Waals surface area contributed by atoms with Gasteiger partial charge in [0.25, 0.3) is 0 Å². The molecule has 27 heavy (non-hydrogen) atoms. The molecule has 0 saturated heterocycles. The minimum atomic E-state index is -3.47. The van der Waals surface area contributed by atoms with E-state index in [1.165, 1.54) is 32.1 Å². The smallest absolute Gasteiger partial charge is 0.241 e. The molecule has 5 nitrogen and oxygen atoms in total. The van der Waals surface area contributed by atoms with Crippen LogP contribution in [-0.2, 0) is 10.0 Å². The van der Waals surface area contributed by atoms with Crippen LogP contribution in [0.25, 0.3) is 10.4 Å². The van der Waals surface area contributed by atoms with Gasteiger partial charge in [-0.1, -0.05) is 42.7 Å². The Kier molecular flexibility index (Phi) is 5.27. The number of benzene rings is 1. The van der Waals surface area contributed by atoms with E-state index in [9.17, 15) is 8.42 Å². The minimum Gasteiger partial charge on any atom is -0.359 e. The second-order valence-electron chi connectivity index (χ2n) is 7.79. The third-order valence-corrected chi connectivity index (χ3v) is 8.17. The third-order valence-electron chi connectivity index (χ3n) is 5.37. The summed E-state index contributed by atoms with van der Waals surface area (Å²) in [5.74, 6) is 0. The number of nitrogens with zero attached hydrogens (tertiary/aromatic N) is 1. The molecule has 1 heterocycles. The Bertz CT molecular complexity index is 927. The Morgan fingerprint density at radius 1 is 1.04 bits per heavy atom. The van der Waals surface area contributed by atoms with Gasteiger partial charge in [0.1, 0.15) is 0 Å². The number of nitrogens with one attached hydrogen (secondary N) is 2. The fourth-order valence-electron chi connectivity index (χ4n) is 3.66. The minimum absolute atomic E-state index is 0.106. The molecule has 1 aromatic carbocycles. The number of sulfonamides is 1. The van der Waals surface area contributed by atoms with Crippen molar-refractivity contribution in [1.29, 1.82) is 0 Å². The molecule has 0 atom stereocenters. The maximum absolute atomic E-state index is 12.7. The van der Waals surface area contributed by atoms with E-state index >= 15 is 0 Å². The van der Waals surface area contributed by atoms with Crippen LogP contribution in [0.4, 0.5) is 5.13 Å². The van der Waals surface area contributed by atoms with Gasteiger partial charge in [-0.05, 0) is 56.7 Å². The van der Waals surface area contributed by atoms with Gasteiger partial charge in [-0.25, -0.2) is 18.1 Å². The Labute approximate surface area is 165 Å². The molecular formula is C20H27N3O2S2. The van der Waals surface area contributed by atoms with E-state index in [0.29, 0.717) is 10.9 Å². The van der Waals surface area contributed by atoms with Crippen LogP contribution in [0.5, 0.6) is 0 Å². The molecule has 0 radical (unpaired) electrons. The first-order valence-corrected chi connectivity index (χ1v) is 12.1. The van der Waals surface area contributed by atoms with Gasteiger partial charge in [-0.2, -0.15) is 0 Å². The molecule has 0 unspecified atom stereocenters. The molecule has 1 aromatic heterocycles. The fraction of sp³-hybridized carbons (Fsp3) is 0.550. The van der Waals surface area contributed by atoms with Gasteiger partial charge < -0.3 is 5.32 Å². The summed E-state index contributed by atoms with van der Waals surface area (Å²) in [6.45, 7) is 3.84. The van der Waals surface area contributed by atoms with E-state index in [1.54, 1.807) is 17.4 Å². The van der Waals surface area contributed by atoms with Crippen molar-refractivity contribution in [2.75, 3.05) is 5.32 Å². The second-order valence-corrected chi connectivity index (χ2v) is 10.5. The predicted octanol–water partition coefficient (Wildman–Crippen LogP) is 4.61. The van der Waals surface area contributed by atoms with Crippen LogP contribution in [0, 0.1) is 13.8 Å². The van der Waals surface area contributed by atoms with Crippen LogP contribution >= 0.6 is 11.3 Å². The molecule has 0 spiro atoms. The van der Waals surface area contributed by atoms with Gasteiger partial charge in [0.2, 0.25) is 10.0 Å². The van der Waals surface area contributed by atoms with Crippen LogP contribution in [0.2, 0.25) is 0 Å². The van der Waals surface area contributed by atoms with Crippen molar-refractivity contribution in [2.45, 2.75) is 75.8 Å². The van der Waals surface area contributed by atoms with Crippen LogP contribution < -0.4 is 10.0 Å². The molecule has 146 valence electrons. The molecule has 0 amide bonds. The summed E-state index contributed by atoms with van der Waals surface area (Å²) in [4.78, 5) is 6.11. The number of hydrogen-bond acceptors (Lipinski definition) is 5. The van der Waals surface area contributed by atoms with E-state index in [-0.39, 0.29) is 6.04 Å². The van der Waals surface area contributed by atoms with E-state index in [0.717, 1.165) is 39.7 Å². The van der Waals surface area contributed by atoms with E-state index in [1.807, 2.05) is 26.0 Å². The van der Waals surface area contributed by atoms with Crippen LogP contribution in [0.3, 0.4) is 0 Å².